The van der Waals surface area contributed by atoms with E-state index in [1.807, 2.05) is 0 Å². The first-order valence-corrected chi connectivity index (χ1v) is 5.42. The monoisotopic (exact) mass is 243 g/mol. The zero-order valence-corrected chi connectivity index (χ0v) is 9.48. The summed E-state index contributed by atoms with van der Waals surface area (Å²) >= 11 is 5.85. The van der Waals surface area contributed by atoms with Crippen LogP contribution in [0.3, 0.4) is 0 Å². The lowest BCUT2D eigenvalue weighted by atomic mass is 10.0. The van der Waals surface area contributed by atoms with E-state index in [0.29, 0.717) is 36.2 Å². The predicted molar refractivity (Wildman–Crippen MR) is 61.1 cm³/mol. The lowest BCUT2D eigenvalue weighted by molar-refractivity contribution is -0.0975. The molecular formula is C10H14ClN3O2. The van der Waals surface area contributed by atoms with Gasteiger partial charge in [-0.25, -0.2) is 4.98 Å². The zero-order chi connectivity index (χ0) is 11.5. The Morgan fingerprint density at radius 3 is 3.00 bits per heavy atom. The van der Waals surface area contributed by atoms with Crippen molar-refractivity contribution in [1.29, 1.82) is 0 Å². The molecule has 1 fully saturated rings. The molecule has 4 N–H and O–H groups in total. The number of pyridine rings is 1. The van der Waals surface area contributed by atoms with Crippen molar-refractivity contribution < 1.29 is 9.47 Å². The molecule has 0 spiro atoms. The standard InChI is InChI=1S/C10H14ClN3O2/c11-6-3-7(10(13)14-4-6)9(12)8-5-15-1-2-16-8/h3-4,8-9H,1-2,5,12H2,(H2,13,14). The molecule has 1 aliphatic rings. The van der Waals surface area contributed by atoms with Gasteiger partial charge in [0.05, 0.1) is 30.9 Å². The quantitative estimate of drug-likeness (QED) is 0.800. The van der Waals surface area contributed by atoms with E-state index in [9.17, 15) is 0 Å². The molecule has 0 radical (unpaired) electrons. The third-order valence-electron chi connectivity index (χ3n) is 2.52. The summed E-state index contributed by atoms with van der Waals surface area (Å²) in [5.41, 5.74) is 12.5. The highest BCUT2D eigenvalue weighted by Gasteiger charge is 2.25. The highest BCUT2D eigenvalue weighted by molar-refractivity contribution is 6.30. The van der Waals surface area contributed by atoms with Gasteiger partial charge in [0.25, 0.3) is 0 Å². The number of hydrogen-bond acceptors (Lipinski definition) is 5. The molecule has 2 atom stereocenters. The fourth-order valence-corrected chi connectivity index (χ4v) is 1.81. The Bertz CT molecular complexity index is 369. The van der Waals surface area contributed by atoms with Crippen molar-refractivity contribution in [2.24, 2.45) is 5.73 Å². The van der Waals surface area contributed by atoms with E-state index in [2.05, 4.69) is 4.98 Å². The molecule has 6 heteroatoms. The minimum atomic E-state index is -0.369. The lowest BCUT2D eigenvalue weighted by Gasteiger charge is -2.28. The van der Waals surface area contributed by atoms with E-state index >= 15 is 0 Å². The topological polar surface area (TPSA) is 83.4 Å². The molecule has 1 aromatic rings. The molecule has 5 nitrogen and oxygen atoms in total. The van der Waals surface area contributed by atoms with Gasteiger partial charge in [-0.2, -0.15) is 0 Å². The van der Waals surface area contributed by atoms with Gasteiger partial charge < -0.3 is 20.9 Å². The molecular weight excluding hydrogens is 230 g/mol. The van der Waals surface area contributed by atoms with Gasteiger partial charge in [0.15, 0.2) is 0 Å². The Hall–Kier alpha value is -0.880. The Morgan fingerprint density at radius 1 is 1.50 bits per heavy atom. The first kappa shape index (κ1) is 11.6. The van der Waals surface area contributed by atoms with Crippen LogP contribution in [0.4, 0.5) is 5.82 Å². The van der Waals surface area contributed by atoms with Crippen LogP contribution in [0.5, 0.6) is 0 Å². The van der Waals surface area contributed by atoms with Gasteiger partial charge in [-0.1, -0.05) is 11.6 Å². The third-order valence-corrected chi connectivity index (χ3v) is 2.72. The van der Waals surface area contributed by atoms with Crippen molar-refractivity contribution in [3.05, 3.63) is 22.8 Å². The Kier molecular flexibility index (Phi) is 3.60. The van der Waals surface area contributed by atoms with E-state index in [4.69, 9.17) is 32.5 Å². The predicted octanol–water partition coefficient (Wildman–Crippen LogP) is 0.732. The lowest BCUT2D eigenvalue weighted by Crippen LogP contribution is -2.38. The van der Waals surface area contributed by atoms with Crippen LogP contribution in [0, 0.1) is 0 Å². The maximum atomic E-state index is 6.06. The summed E-state index contributed by atoms with van der Waals surface area (Å²) in [6, 6.07) is 1.35. The molecule has 0 amide bonds. The molecule has 16 heavy (non-hydrogen) atoms. The number of halogens is 1. The van der Waals surface area contributed by atoms with Crippen molar-refractivity contribution in [1.82, 2.24) is 4.98 Å². The number of rotatable bonds is 2. The zero-order valence-electron chi connectivity index (χ0n) is 8.73. The molecule has 2 heterocycles. The fourth-order valence-electron chi connectivity index (χ4n) is 1.65. The second-order valence-corrected chi connectivity index (χ2v) is 4.07. The number of nitrogen functional groups attached to an aromatic ring is 1. The highest BCUT2D eigenvalue weighted by Crippen LogP contribution is 2.25. The van der Waals surface area contributed by atoms with E-state index in [0.717, 1.165) is 0 Å². The van der Waals surface area contributed by atoms with Crippen LogP contribution in [0.2, 0.25) is 5.02 Å². The molecule has 1 saturated heterocycles. The van der Waals surface area contributed by atoms with Gasteiger partial charge in [0.2, 0.25) is 0 Å². The molecule has 0 aromatic carbocycles. The molecule has 2 rings (SSSR count). The van der Waals surface area contributed by atoms with Gasteiger partial charge in [0.1, 0.15) is 11.9 Å². The van der Waals surface area contributed by atoms with Crippen molar-refractivity contribution in [3.8, 4) is 0 Å². The maximum Gasteiger partial charge on any atom is 0.128 e. The van der Waals surface area contributed by atoms with Crippen LogP contribution < -0.4 is 11.5 Å². The first-order valence-electron chi connectivity index (χ1n) is 5.04. The van der Waals surface area contributed by atoms with Gasteiger partial charge >= 0.3 is 0 Å². The van der Waals surface area contributed by atoms with Crippen LogP contribution in [-0.4, -0.2) is 30.9 Å². The van der Waals surface area contributed by atoms with Crippen molar-refractivity contribution in [3.63, 3.8) is 0 Å². The summed E-state index contributed by atoms with van der Waals surface area (Å²) in [6.07, 6.45) is 1.29. The van der Waals surface area contributed by atoms with E-state index < -0.39 is 0 Å². The van der Waals surface area contributed by atoms with Crippen LogP contribution in [0.25, 0.3) is 0 Å². The summed E-state index contributed by atoms with van der Waals surface area (Å²) in [5.74, 6) is 0.381. The normalized spacial score (nSPS) is 23.0. The molecule has 1 aromatic heterocycles. The Morgan fingerprint density at radius 2 is 2.31 bits per heavy atom. The summed E-state index contributed by atoms with van der Waals surface area (Å²) in [7, 11) is 0. The van der Waals surface area contributed by atoms with Gasteiger partial charge in [-0.15, -0.1) is 0 Å². The molecule has 1 aliphatic heterocycles. The Labute approximate surface area is 98.7 Å². The summed E-state index contributed by atoms with van der Waals surface area (Å²) in [4.78, 5) is 3.96. The van der Waals surface area contributed by atoms with Crippen LogP contribution in [-0.2, 0) is 9.47 Å². The fraction of sp³-hybridized carbons (Fsp3) is 0.500. The van der Waals surface area contributed by atoms with E-state index in [1.165, 1.54) is 6.20 Å². The molecule has 0 aliphatic carbocycles. The second kappa shape index (κ2) is 4.97. The number of ether oxygens (including phenoxy) is 2. The number of nitrogens with zero attached hydrogens (tertiary/aromatic N) is 1. The highest BCUT2D eigenvalue weighted by atomic mass is 35.5. The van der Waals surface area contributed by atoms with Crippen LogP contribution >= 0.6 is 11.6 Å². The summed E-state index contributed by atoms with van der Waals surface area (Å²) < 4.78 is 10.8. The van der Waals surface area contributed by atoms with E-state index in [-0.39, 0.29) is 12.1 Å². The smallest absolute Gasteiger partial charge is 0.128 e. The number of anilines is 1. The van der Waals surface area contributed by atoms with E-state index in [1.54, 1.807) is 6.07 Å². The number of hydrogen-bond donors (Lipinski definition) is 2. The van der Waals surface area contributed by atoms with Gasteiger partial charge in [-0.3, -0.25) is 0 Å². The summed E-state index contributed by atoms with van der Waals surface area (Å²) in [6.45, 7) is 1.62. The number of nitrogens with two attached hydrogens (primary N) is 2. The second-order valence-electron chi connectivity index (χ2n) is 3.64. The summed E-state index contributed by atoms with van der Waals surface area (Å²) in [5, 5.41) is 0.511. The average Bonchev–Trinajstić information content (AvgIpc) is 2.32. The Balaban J connectivity index is 2.18. The van der Waals surface area contributed by atoms with Crippen molar-refractivity contribution in [2.45, 2.75) is 12.1 Å². The van der Waals surface area contributed by atoms with Crippen LogP contribution in [0.1, 0.15) is 11.6 Å². The first-order chi connectivity index (χ1) is 7.68. The molecule has 0 bridgehead atoms. The largest absolute Gasteiger partial charge is 0.383 e. The molecule has 88 valence electrons. The molecule has 0 saturated carbocycles. The third kappa shape index (κ3) is 2.44. The van der Waals surface area contributed by atoms with Crippen molar-refractivity contribution in [2.75, 3.05) is 25.6 Å². The van der Waals surface area contributed by atoms with Gasteiger partial charge in [-0.05, 0) is 6.07 Å². The van der Waals surface area contributed by atoms with Gasteiger partial charge in [0, 0.05) is 11.8 Å². The minimum Gasteiger partial charge on any atom is -0.383 e. The molecule has 2 unspecified atom stereocenters. The average molecular weight is 244 g/mol. The number of aromatic nitrogens is 1. The minimum absolute atomic E-state index is 0.198. The SMILES string of the molecule is Nc1ncc(Cl)cc1C(N)C1COCCO1. The maximum absolute atomic E-state index is 6.06. The van der Waals surface area contributed by atoms with Crippen LogP contribution in [0.15, 0.2) is 12.3 Å². The van der Waals surface area contributed by atoms with Crippen molar-refractivity contribution >= 4 is 17.4 Å².